The van der Waals surface area contributed by atoms with E-state index in [9.17, 15) is 8.42 Å². The molecule has 6 nitrogen and oxygen atoms in total. The van der Waals surface area contributed by atoms with Crippen LogP contribution in [0.4, 0.5) is 0 Å². The van der Waals surface area contributed by atoms with E-state index < -0.39 is 9.84 Å². The average Bonchev–Trinajstić information content (AvgIpc) is 3.41. The molecule has 30 heavy (non-hydrogen) atoms. The normalized spacial score (nSPS) is 23.8. The predicted molar refractivity (Wildman–Crippen MR) is 123 cm³/mol. The zero-order chi connectivity index (χ0) is 21.3. The molecule has 8 heteroatoms. The number of nitrogens with zero attached hydrogens (tertiary/aromatic N) is 3. The summed E-state index contributed by atoms with van der Waals surface area (Å²) in [5.74, 6) is 1.32. The summed E-state index contributed by atoms with van der Waals surface area (Å²) < 4.78 is 25.7. The maximum Gasteiger partial charge on any atom is 0.152 e. The first kappa shape index (κ1) is 22.0. The Labute approximate surface area is 184 Å². The van der Waals surface area contributed by atoms with E-state index in [1.807, 2.05) is 22.9 Å². The molecule has 0 unspecified atom stereocenters. The Morgan fingerprint density at radius 3 is 2.67 bits per heavy atom. The topological polar surface area (TPSA) is 67.2 Å². The van der Waals surface area contributed by atoms with Crippen molar-refractivity contribution >= 4 is 21.2 Å². The Kier molecular flexibility index (Phi) is 6.67. The van der Waals surface area contributed by atoms with Gasteiger partial charge in [0, 0.05) is 29.2 Å². The first-order valence-electron chi connectivity index (χ1n) is 11.1. The van der Waals surface area contributed by atoms with Crippen molar-refractivity contribution in [3.05, 3.63) is 39.3 Å². The number of thiophene rings is 1. The molecule has 2 aliphatic heterocycles. The number of piperidine rings is 1. The van der Waals surface area contributed by atoms with Crippen LogP contribution >= 0.6 is 11.3 Å². The fourth-order valence-corrected chi connectivity index (χ4v) is 7.39. The van der Waals surface area contributed by atoms with Gasteiger partial charge in [0.05, 0.1) is 29.3 Å². The predicted octanol–water partition coefficient (Wildman–Crippen LogP) is 3.48. The third-order valence-corrected chi connectivity index (χ3v) is 9.52. The van der Waals surface area contributed by atoms with Crippen LogP contribution < -0.4 is 5.32 Å². The van der Waals surface area contributed by atoms with Crippen molar-refractivity contribution in [3.63, 3.8) is 0 Å². The molecular formula is C22H34N4O2S2. The fraction of sp³-hybridized carbons (Fsp3) is 0.682. The highest BCUT2D eigenvalue weighted by molar-refractivity contribution is 7.91. The number of sulfone groups is 1. The first-order valence-corrected chi connectivity index (χ1v) is 13.8. The Morgan fingerprint density at radius 1 is 1.27 bits per heavy atom. The van der Waals surface area contributed by atoms with Crippen LogP contribution in [0.3, 0.4) is 0 Å². The van der Waals surface area contributed by atoms with E-state index in [1.165, 1.54) is 23.3 Å². The molecule has 4 rings (SSSR count). The highest BCUT2D eigenvalue weighted by Gasteiger charge is 2.31. The third-order valence-electron chi connectivity index (χ3n) is 6.80. The summed E-state index contributed by atoms with van der Waals surface area (Å²) in [5.41, 5.74) is 3.31. The number of aromatic nitrogens is 2. The zero-order valence-electron chi connectivity index (χ0n) is 18.3. The van der Waals surface area contributed by atoms with Gasteiger partial charge < -0.3 is 5.32 Å². The van der Waals surface area contributed by atoms with Crippen LogP contribution in [0, 0.1) is 19.8 Å². The summed E-state index contributed by atoms with van der Waals surface area (Å²) in [6, 6.07) is 4.79. The molecule has 2 saturated heterocycles. The van der Waals surface area contributed by atoms with E-state index in [2.05, 4.69) is 41.6 Å². The van der Waals surface area contributed by atoms with Crippen LogP contribution in [0.1, 0.15) is 60.1 Å². The van der Waals surface area contributed by atoms with Crippen molar-refractivity contribution in [2.45, 2.75) is 58.7 Å². The number of aryl methyl sites for hydroxylation is 1. The summed E-state index contributed by atoms with van der Waals surface area (Å²) in [4.78, 5) is 4.06. The van der Waals surface area contributed by atoms with Gasteiger partial charge in [-0.2, -0.15) is 5.10 Å². The number of rotatable bonds is 7. The number of likely N-dealkylation sites (tertiary alicyclic amines) is 1. The van der Waals surface area contributed by atoms with Gasteiger partial charge in [0.25, 0.3) is 0 Å². The molecule has 2 aromatic heterocycles. The quantitative estimate of drug-likeness (QED) is 0.699. The molecule has 0 amide bonds. The van der Waals surface area contributed by atoms with Crippen LogP contribution in [-0.2, 0) is 16.4 Å². The lowest BCUT2D eigenvalue weighted by atomic mass is 9.97. The van der Waals surface area contributed by atoms with E-state index in [0.29, 0.717) is 12.5 Å². The number of hydrogen-bond acceptors (Lipinski definition) is 6. The minimum absolute atomic E-state index is 0.0170. The fourth-order valence-electron chi connectivity index (χ4n) is 4.84. The van der Waals surface area contributed by atoms with Crippen LogP contribution in [0.15, 0.2) is 17.5 Å². The molecule has 1 N–H and O–H groups in total. The van der Waals surface area contributed by atoms with E-state index in [1.54, 1.807) is 0 Å². The minimum atomic E-state index is -2.91. The van der Waals surface area contributed by atoms with Crippen molar-refractivity contribution in [1.29, 1.82) is 0 Å². The van der Waals surface area contributed by atoms with Gasteiger partial charge in [0.1, 0.15) is 0 Å². The van der Waals surface area contributed by atoms with Crippen molar-refractivity contribution < 1.29 is 8.42 Å². The monoisotopic (exact) mass is 450 g/mol. The highest BCUT2D eigenvalue weighted by Crippen LogP contribution is 2.30. The van der Waals surface area contributed by atoms with Gasteiger partial charge in [-0.05, 0) is 63.6 Å². The summed E-state index contributed by atoms with van der Waals surface area (Å²) in [6.07, 6.45) is 3.22. The number of hydrogen-bond donors (Lipinski definition) is 1. The molecule has 166 valence electrons. The maximum atomic E-state index is 11.9. The van der Waals surface area contributed by atoms with Crippen molar-refractivity contribution in [2.75, 3.05) is 31.1 Å². The van der Waals surface area contributed by atoms with Crippen LogP contribution in [0.25, 0.3) is 0 Å². The summed E-state index contributed by atoms with van der Waals surface area (Å²) >= 11 is 1.84. The van der Waals surface area contributed by atoms with Gasteiger partial charge in [-0.3, -0.25) is 9.58 Å². The van der Waals surface area contributed by atoms with Gasteiger partial charge in [-0.1, -0.05) is 13.0 Å². The lowest BCUT2D eigenvalue weighted by molar-refractivity contribution is 0.137. The molecule has 2 aromatic rings. The molecule has 4 heterocycles. The molecule has 2 aliphatic rings. The second-order valence-electron chi connectivity index (χ2n) is 9.03. The van der Waals surface area contributed by atoms with Gasteiger partial charge in [0.15, 0.2) is 9.84 Å². The SMILES string of the molecule is Cc1nn([C@H]2CCS(=O)(=O)C2)c(C)c1CNC[C@H](c1cccs1)N1CCC(C)CC1. The number of nitrogens with one attached hydrogen (secondary N) is 1. The first-order chi connectivity index (χ1) is 14.3. The zero-order valence-corrected chi connectivity index (χ0v) is 19.9. The average molecular weight is 451 g/mol. The molecule has 0 saturated carbocycles. The Balaban J connectivity index is 1.42. The second kappa shape index (κ2) is 9.10. The Bertz CT molecular complexity index is 944. The van der Waals surface area contributed by atoms with E-state index in [0.717, 1.165) is 43.5 Å². The van der Waals surface area contributed by atoms with Gasteiger partial charge >= 0.3 is 0 Å². The standard InChI is InChI=1S/C22H34N4O2S2/c1-16-6-9-25(10-7-16)21(22-5-4-11-29-22)14-23-13-20-17(2)24-26(18(20)3)19-8-12-30(27,28)15-19/h4-5,11,16,19,21,23H,6-10,12-15H2,1-3H3/t19-,21+/m0/s1. The van der Waals surface area contributed by atoms with Gasteiger partial charge in [0.2, 0.25) is 0 Å². The summed E-state index contributed by atoms with van der Waals surface area (Å²) in [6.45, 7) is 10.5. The molecule has 0 radical (unpaired) electrons. The van der Waals surface area contributed by atoms with Gasteiger partial charge in [-0.15, -0.1) is 11.3 Å². The van der Waals surface area contributed by atoms with Crippen molar-refractivity contribution in [2.24, 2.45) is 5.92 Å². The van der Waals surface area contributed by atoms with Crippen molar-refractivity contribution in [3.8, 4) is 0 Å². The third kappa shape index (κ3) is 4.82. The maximum absolute atomic E-state index is 11.9. The smallest absolute Gasteiger partial charge is 0.152 e. The molecule has 0 bridgehead atoms. The minimum Gasteiger partial charge on any atom is -0.311 e. The van der Waals surface area contributed by atoms with Crippen LogP contribution in [0.2, 0.25) is 0 Å². The van der Waals surface area contributed by atoms with Gasteiger partial charge in [-0.25, -0.2) is 8.42 Å². The van der Waals surface area contributed by atoms with E-state index >= 15 is 0 Å². The summed E-state index contributed by atoms with van der Waals surface area (Å²) in [7, 11) is -2.91. The van der Waals surface area contributed by atoms with E-state index in [4.69, 9.17) is 5.10 Å². The lowest BCUT2D eigenvalue weighted by Crippen LogP contribution is -2.40. The molecule has 2 atom stereocenters. The highest BCUT2D eigenvalue weighted by atomic mass is 32.2. The molecule has 0 aromatic carbocycles. The molecular weight excluding hydrogens is 416 g/mol. The van der Waals surface area contributed by atoms with Crippen LogP contribution in [-0.4, -0.2) is 54.2 Å². The second-order valence-corrected chi connectivity index (χ2v) is 12.2. The van der Waals surface area contributed by atoms with Crippen LogP contribution in [0.5, 0.6) is 0 Å². The lowest BCUT2D eigenvalue weighted by Gasteiger charge is -2.36. The largest absolute Gasteiger partial charge is 0.311 e. The molecule has 0 aliphatic carbocycles. The summed E-state index contributed by atoms with van der Waals surface area (Å²) in [5, 5.41) is 10.6. The Hall–Kier alpha value is -1.22. The molecule has 0 spiro atoms. The van der Waals surface area contributed by atoms with E-state index in [-0.39, 0.29) is 17.5 Å². The van der Waals surface area contributed by atoms with Crippen molar-refractivity contribution in [1.82, 2.24) is 20.0 Å². The Morgan fingerprint density at radius 2 is 2.03 bits per heavy atom. The molecule has 2 fully saturated rings.